The minimum atomic E-state index is -0.180. The van der Waals surface area contributed by atoms with E-state index >= 15 is 0 Å². The Kier molecular flexibility index (Phi) is 4.89. The molecule has 0 aliphatic rings. The van der Waals surface area contributed by atoms with Crippen LogP contribution in [0.3, 0.4) is 0 Å². The number of anilines is 2. The molecule has 4 rings (SSSR count). The van der Waals surface area contributed by atoms with E-state index in [1.165, 1.54) is 0 Å². The van der Waals surface area contributed by atoms with E-state index in [0.29, 0.717) is 11.2 Å². The zero-order valence-corrected chi connectivity index (χ0v) is 15.3. The number of para-hydroxylation sites is 1. The van der Waals surface area contributed by atoms with Gasteiger partial charge in [0.05, 0.1) is 12.5 Å². The predicted octanol–water partition coefficient (Wildman–Crippen LogP) is 4.85. The molecule has 0 bridgehead atoms. The summed E-state index contributed by atoms with van der Waals surface area (Å²) in [5.41, 5.74) is 2.56. The summed E-state index contributed by atoms with van der Waals surface area (Å²) in [6.45, 7) is 0. The number of fused-ring (bicyclic) bond motifs is 1. The van der Waals surface area contributed by atoms with Crippen molar-refractivity contribution in [2.45, 2.75) is 0 Å². The van der Waals surface area contributed by atoms with Gasteiger partial charge in [-0.15, -0.1) is 0 Å². The molecule has 0 unspecified atom stereocenters. The van der Waals surface area contributed by atoms with Gasteiger partial charge in [0.1, 0.15) is 11.6 Å². The van der Waals surface area contributed by atoms with E-state index in [1.54, 1.807) is 19.5 Å². The summed E-state index contributed by atoms with van der Waals surface area (Å²) in [5.74, 6) is 1.32. The average molecular weight is 369 g/mol. The van der Waals surface area contributed by atoms with Gasteiger partial charge in [0.15, 0.2) is 0 Å². The van der Waals surface area contributed by atoms with Gasteiger partial charge in [0, 0.05) is 29.0 Å². The highest BCUT2D eigenvalue weighted by atomic mass is 16.5. The number of H-pyrrole nitrogens is 1. The molecule has 4 aromatic rings. The van der Waals surface area contributed by atoms with Gasteiger partial charge in [-0.25, -0.2) is 4.98 Å². The summed E-state index contributed by atoms with van der Waals surface area (Å²) in [6, 6.07) is 19.3. The smallest absolute Gasteiger partial charge is 0.259 e. The number of ether oxygens (including phenoxy) is 1. The molecule has 28 heavy (non-hydrogen) atoms. The molecule has 0 saturated heterocycles. The van der Waals surface area contributed by atoms with Gasteiger partial charge in [-0.05, 0) is 35.9 Å². The van der Waals surface area contributed by atoms with Crippen molar-refractivity contribution in [2.75, 3.05) is 12.4 Å². The second-order valence-electron chi connectivity index (χ2n) is 6.26. The van der Waals surface area contributed by atoms with Crippen molar-refractivity contribution in [3.63, 3.8) is 0 Å². The molecule has 0 fully saturated rings. The Bertz CT molecular complexity index is 1200. The quantitative estimate of drug-likeness (QED) is 0.528. The minimum absolute atomic E-state index is 0.180. The average Bonchev–Trinajstić information content (AvgIpc) is 2.74. The summed E-state index contributed by atoms with van der Waals surface area (Å²) >= 11 is 0. The van der Waals surface area contributed by atoms with Crippen molar-refractivity contribution in [1.82, 2.24) is 9.97 Å². The Hall–Kier alpha value is -3.86. The molecular formula is C23H19N3O2. The van der Waals surface area contributed by atoms with Gasteiger partial charge in [0.2, 0.25) is 0 Å². The van der Waals surface area contributed by atoms with Crippen LogP contribution in [0.1, 0.15) is 11.1 Å². The number of hydrogen-bond acceptors (Lipinski definition) is 4. The van der Waals surface area contributed by atoms with Crippen molar-refractivity contribution in [3.8, 4) is 5.75 Å². The molecule has 5 heteroatoms. The van der Waals surface area contributed by atoms with E-state index in [0.717, 1.165) is 28.0 Å². The van der Waals surface area contributed by atoms with E-state index in [2.05, 4.69) is 15.3 Å². The molecule has 0 amide bonds. The van der Waals surface area contributed by atoms with Crippen LogP contribution in [0.2, 0.25) is 0 Å². The van der Waals surface area contributed by atoms with Crippen molar-refractivity contribution in [2.24, 2.45) is 0 Å². The molecule has 0 radical (unpaired) electrons. The monoisotopic (exact) mass is 369 g/mol. The molecule has 2 aromatic heterocycles. The number of aromatic amines is 1. The first kappa shape index (κ1) is 17.5. The fraction of sp³-hybridized carbons (Fsp3) is 0.0435. The van der Waals surface area contributed by atoms with Gasteiger partial charge in [0.25, 0.3) is 5.56 Å². The third-order valence-corrected chi connectivity index (χ3v) is 4.43. The van der Waals surface area contributed by atoms with Crippen molar-refractivity contribution >= 4 is 34.4 Å². The number of aromatic nitrogens is 2. The highest BCUT2D eigenvalue weighted by Gasteiger charge is 2.10. The lowest BCUT2D eigenvalue weighted by Gasteiger charge is -2.10. The highest BCUT2D eigenvalue weighted by molar-refractivity contribution is 5.98. The number of benzene rings is 2. The molecular weight excluding hydrogens is 350 g/mol. The van der Waals surface area contributed by atoms with Gasteiger partial charge in [-0.1, -0.05) is 42.5 Å². The maximum Gasteiger partial charge on any atom is 0.259 e. The third-order valence-electron chi connectivity index (χ3n) is 4.43. The first-order valence-corrected chi connectivity index (χ1v) is 8.89. The fourth-order valence-electron chi connectivity index (χ4n) is 3.04. The molecule has 0 spiro atoms. The first-order chi connectivity index (χ1) is 13.7. The predicted molar refractivity (Wildman–Crippen MR) is 114 cm³/mol. The molecule has 2 heterocycles. The summed E-state index contributed by atoms with van der Waals surface area (Å²) in [6.07, 6.45) is 7.35. The Morgan fingerprint density at radius 2 is 1.89 bits per heavy atom. The molecule has 138 valence electrons. The largest absolute Gasteiger partial charge is 0.497 e. The lowest BCUT2D eigenvalue weighted by Crippen LogP contribution is -2.09. The summed E-state index contributed by atoms with van der Waals surface area (Å²) in [7, 11) is 1.64. The maximum absolute atomic E-state index is 12.5. The van der Waals surface area contributed by atoms with Crippen LogP contribution in [-0.2, 0) is 0 Å². The lowest BCUT2D eigenvalue weighted by molar-refractivity contribution is 0.414. The maximum atomic E-state index is 12.5. The molecule has 2 N–H and O–H groups in total. The molecule has 0 aliphatic carbocycles. The summed E-state index contributed by atoms with van der Waals surface area (Å²) in [5, 5.41) is 4.59. The Morgan fingerprint density at radius 1 is 1.04 bits per heavy atom. The standard InChI is InChI=1S/C23H19N3O2/c1-28-19-9-5-6-16(14-19)10-11-17-15-25-22(26-18-7-3-2-4-8-18)21-20(17)12-13-24-23(21)27/h2-15H,1H3,(H,24,27)(H,25,26)/b11-10+. The topological polar surface area (TPSA) is 67.0 Å². The van der Waals surface area contributed by atoms with Crippen LogP contribution in [0.4, 0.5) is 11.5 Å². The number of nitrogens with one attached hydrogen (secondary N) is 2. The van der Waals surface area contributed by atoms with Crippen LogP contribution in [0, 0.1) is 0 Å². The second-order valence-corrected chi connectivity index (χ2v) is 6.26. The molecule has 2 aromatic carbocycles. The van der Waals surface area contributed by atoms with E-state index < -0.39 is 0 Å². The number of pyridine rings is 2. The molecule has 0 saturated carbocycles. The zero-order valence-electron chi connectivity index (χ0n) is 15.3. The van der Waals surface area contributed by atoms with Gasteiger partial charge in [-0.2, -0.15) is 0 Å². The van der Waals surface area contributed by atoms with Gasteiger partial charge >= 0.3 is 0 Å². The number of hydrogen-bond donors (Lipinski definition) is 2. The van der Waals surface area contributed by atoms with E-state index in [-0.39, 0.29) is 5.56 Å². The first-order valence-electron chi connectivity index (χ1n) is 8.89. The number of rotatable bonds is 5. The van der Waals surface area contributed by atoms with Crippen LogP contribution >= 0.6 is 0 Å². The van der Waals surface area contributed by atoms with Crippen molar-refractivity contribution < 1.29 is 4.74 Å². The van der Waals surface area contributed by atoms with E-state index in [4.69, 9.17) is 4.74 Å². The lowest BCUT2D eigenvalue weighted by atomic mass is 10.1. The third kappa shape index (κ3) is 3.64. The second kappa shape index (κ2) is 7.80. The highest BCUT2D eigenvalue weighted by Crippen LogP contribution is 2.25. The Balaban J connectivity index is 1.76. The summed E-state index contributed by atoms with van der Waals surface area (Å²) in [4.78, 5) is 19.8. The van der Waals surface area contributed by atoms with Gasteiger partial charge < -0.3 is 15.0 Å². The van der Waals surface area contributed by atoms with Gasteiger partial charge in [-0.3, -0.25) is 4.79 Å². The van der Waals surface area contributed by atoms with Crippen LogP contribution in [0.25, 0.3) is 22.9 Å². The minimum Gasteiger partial charge on any atom is -0.497 e. The molecule has 0 atom stereocenters. The van der Waals surface area contributed by atoms with Crippen molar-refractivity contribution in [1.29, 1.82) is 0 Å². The number of methoxy groups -OCH3 is 1. The SMILES string of the molecule is COc1cccc(/C=C/c2cnc(Nc3ccccc3)c3c(=O)[nH]ccc23)c1. The van der Waals surface area contributed by atoms with Crippen LogP contribution in [0.5, 0.6) is 5.75 Å². The van der Waals surface area contributed by atoms with E-state index in [9.17, 15) is 4.79 Å². The number of nitrogens with zero attached hydrogens (tertiary/aromatic N) is 1. The molecule has 0 aliphatic heterocycles. The zero-order chi connectivity index (χ0) is 19.3. The summed E-state index contributed by atoms with van der Waals surface area (Å²) < 4.78 is 5.27. The van der Waals surface area contributed by atoms with Crippen molar-refractivity contribution in [3.05, 3.63) is 94.5 Å². The molecule has 5 nitrogen and oxygen atoms in total. The van der Waals surface area contributed by atoms with Crippen LogP contribution in [0.15, 0.2) is 77.9 Å². The Labute approximate surface area is 162 Å². The van der Waals surface area contributed by atoms with E-state index in [1.807, 2.05) is 72.8 Å². The fourth-order valence-corrected chi connectivity index (χ4v) is 3.04. The normalized spacial score (nSPS) is 11.0. The van der Waals surface area contributed by atoms with Crippen LogP contribution in [-0.4, -0.2) is 17.1 Å². The Morgan fingerprint density at radius 3 is 2.71 bits per heavy atom. The van der Waals surface area contributed by atoms with Crippen LogP contribution < -0.4 is 15.6 Å².